The number of carbonyl (C=O) groups excluding carboxylic acids is 2. The fourth-order valence-corrected chi connectivity index (χ4v) is 2.53. The van der Waals surface area contributed by atoms with Crippen LogP contribution in [0.4, 0.5) is 0 Å². The van der Waals surface area contributed by atoms with E-state index in [2.05, 4.69) is 20.9 Å². The summed E-state index contributed by atoms with van der Waals surface area (Å²) in [6, 6.07) is 7.37. The van der Waals surface area contributed by atoms with E-state index in [4.69, 9.17) is 4.74 Å². The van der Waals surface area contributed by atoms with Crippen molar-refractivity contribution in [2.75, 3.05) is 40.3 Å². The molecule has 0 atom stereocenters. The number of nitrogens with zero attached hydrogens (tertiary/aromatic N) is 2. The highest BCUT2D eigenvalue weighted by Crippen LogP contribution is 2.09. The molecule has 0 aromatic heterocycles. The number of rotatable bonds is 6. The highest BCUT2D eigenvalue weighted by molar-refractivity contribution is 5.97. The van der Waals surface area contributed by atoms with Crippen molar-refractivity contribution in [1.29, 1.82) is 0 Å². The van der Waals surface area contributed by atoms with Crippen molar-refractivity contribution in [3.05, 3.63) is 35.4 Å². The maximum Gasteiger partial charge on any atom is 0.254 e. The molecule has 148 valence electrons. The molecule has 0 radical (unpaired) electrons. The molecule has 2 rings (SSSR count). The number of benzene rings is 1. The van der Waals surface area contributed by atoms with Gasteiger partial charge in [0, 0.05) is 45.9 Å². The van der Waals surface area contributed by atoms with Crippen LogP contribution < -0.4 is 16.0 Å². The van der Waals surface area contributed by atoms with Gasteiger partial charge in [0.25, 0.3) is 5.91 Å². The number of guanidine groups is 1. The number of piperazine rings is 1. The summed E-state index contributed by atoms with van der Waals surface area (Å²) in [5, 5.41) is 9.18. The Balaban J connectivity index is 1.87. The molecule has 1 aromatic rings. The first-order valence-corrected chi connectivity index (χ1v) is 8.99. The summed E-state index contributed by atoms with van der Waals surface area (Å²) < 4.78 is 5.38. The van der Waals surface area contributed by atoms with Crippen LogP contribution in [0.3, 0.4) is 0 Å². The maximum atomic E-state index is 12.5. The number of amides is 2. The van der Waals surface area contributed by atoms with E-state index in [1.54, 1.807) is 31.2 Å². The number of hydrogen-bond acceptors (Lipinski definition) is 4. The van der Waals surface area contributed by atoms with Crippen LogP contribution in [0.5, 0.6) is 0 Å². The summed E-state index contributed by atoms with van der Waals surface area (Å²) in [7, 11) is 3.39. The minimum atomic E-state index is -0.287. The van der Waals surface area contributed by atoms with Gasteiger partial charge in [-0.3, -0.25) is 14.6 Å². The minimum Gasteiger partial charge on any atom is -0.377 e. The smallest absolute Gasteiger partial charge is 0.254 e. The molecule has 0 unspecified atom stereocenters. The highest BCUT2D eigenvalue weighted by Gasteiger charge is 2.22. The number of hydrogen-bond donors (Lipinski definition) is 3. The largest absolute Gasteiger partial charge is 0.377 e. The fraction of sp³-hybridized carbons (Fsp3) is 0.526. The van der Waals surface area contributed by atoms with Crippen molar-refractivity contribution < 1.29 is 14.3 Å². The third kappa shape index (κ3) is 6.25. The zero-order valence-corrected chi connectivity index (χ0v) is 16.5. The van der Waals surface area contributed by atoms with Crippen LogP contribution in [0.25, 0.3) is 0 Å². The fourth-order valence-electron chi connectivity index (χ4n) is 2.53. The molecule has 0 spiro atoms. The Hall–Kier alpha value is -2.61. The summed E-state index contributed by atoms with van der Waals surface area (Å²) in [6.07, 6.45) is 0. The Morgan fingerprint density at radius 1 is 1.30 bits per heavy atom. The first-order valence-electron chi connectivity index (χ1n) is 8.99. The van der Waals surface area contributed by atoms with Crippen molar-refractivity contribution in [3.8, 4) is 0 Å². The Bertz CT molecular complexity index is 685. The Morgan fingerprint density at radius 2 is 2.00 bits per heavy atom. The predicted octanol–water partition coefficient (Wildman–Crippen LogP) is 0.349. The van der Waals surface area contributed by atoms with Gasteiger partial charge in [-0.1, -0.05) is 12.1 Å². The van der Waals surface area contributed by atoms with Gasteiger partial charge >= 0.3 is 0 Å². The number of methoxy groups -OCH3 is 1. The Kier molecular flexibility index (Phi) is 7.18. The second kappa shape index (κ2) is 9.36. The number of aliphatic imine (C=N–C) groups is 1. The van der Waals surface area contributed by atoms with Crippen molar-refractivity contribution >= 4 is 17.8 Å². The topological polar surface area (TPSA) is 95.1 Å². The van der Waals surface area contributed by atoms with E-state index in [0.717, 1.165) is 5.56 Å². The van der Waals surface area contributed by atoms with Crippen LogP contribution in [0, 0.1) is 0 Å². The van der Waals surface area contributed by atoms with Crippen LogP contribution in [0.2, 0.25) is 0 Å². The van der Waals surface area contributed by atoms with Gasteiger partial charge in [0.2, 0.25) is 5.91 Å². The second-order valence-corrected chi connectivity index (χ2v) is 7.02. The van der Waals surface area contributed by atoms with E-state index in [1.807, 2.05) is 26.0 Å². The van der Waals surface area contributed by atoms with Gasteiger partial charge in [0.1, 0.15) is 0 Å². The minimum absolute atomic E-state index is 0.113. The van der Waals surface area contributed by atoms with Crippen molar-refractivity contribution in [3.63, 3.8) is 0 Å². The van der Waals surface area contributed by atoms with Crippen LogP contribution in [0.15, 0.2) is 29.3 Å². The molecule has 1 fully saturated rings. The molecule has 1 aliphatic heterocycles. The lowest BCUT2D eigenvalue weighted by Gasteiger charge is -2.26. The van der Waals surface area contributed by atoms with Crippen LogP contribution in [-0.4, -0.2) is 68.6 Å². The molecule has 1 heterocycles. The van der Waals surface area contributed by atoms with Crippen LogP contribution in [0.1, 0.15) is 29.8 Å². The van der Waals surface area contributed by atoms with Crippen LogP contribution >= 0.6 is 0 Å². The standard InChI is InChI=1S/C19H29N5O3/c1-19(2,27-4)13-23-18(20-3)22-11-14-5-7-15(8-6-14)17(26)24-10-9-21-16(25)12-24/h5-8H,9-13H2,1-4H3,(H,21,25)(H2,20,22,23). The average molecular weight is 375 g/mol. The first kappa shape index (κ1) is 20.7. The quantitative estimate of drug-likeness (QED) is 0.493. The number of nitrogens with one attached hydrogen (secondary N) is 3. The van der Waals surface area contributed by atoms with E-state index >= 15 is 0 Å². The molecule has 1 aliphatic rings. The zero-order chi connectivity index (χ0) is 19.9. The first-order chi connectivity index (χ1) is 12.8. The second-order valence-electron chi connectivity index (χ2n) is 7.02. The molecular weight excluding hydrogens is 346 g/mol. The molecule has 27 heavy (non-hydrogen) atoms. The Labute approximate surface area is 160 Å². The molecule has 2 amide bonds. The lowest BCUT2D eigenvalue weighted by atomic mass is 10.1. The van der Waals surface area contributed by atoms with Crippen molar-refractivity contribution in [1.82, 2.24) is 20.9 Å². The average Bonchev–Trinajstić information content (AvgIpc) is 2.68. The van der Waals surface area contributed by atoms with Gasteiger partial charge in [-0.05, 0) is 31.5 Å². The van der Waals surface area contributed by atoms with Gasteiger partial charge in [-0.15, -0.1) is 0 Å². The summed E-state index contributed by atoms with van der Waals surface area (Å²) >= 11 is 0. The summed E-state index contributed by atoms with van der Waals surface area (Å²) in [5.74, 6) is 0.439. The molecule has 8 nitrogen and oxygen atoms in total. The predicted molar refractivity (Wildman–Crippen MR) is 105 cm³/mol. The van der Waals surface area contributed by atoms with Crippen molar-refractivity contribution in [2.45, 2.75) is 26.0 Å². The normalized spacial score (nSPS) is 15.3. The van der Waals surface area contributed by atoms with E-state index in [0.29, 0.717) is 37.7 Å². The van der Waals surface area contributed by atoms with Gasteiger partial charge < -0.3 is 25.6 Å². The maximum absolute atomic E-state index is 12.5. The molecular formula is C19H29N5O3. The number of carbonyl (C=O) groups is 2. The van der Waals surface area contributed by atoms with Gasteiger partial charge in [0.15, 0.2) is 5.96 Å². The van der Waals surface area contributed by atoms with Crippen LogP contribution in [-0.2, 0) is 16.1 Å². The van der Waals surface area contributed by atoms with Crippen molar-refractivity contribution in [2.24, 2.45) is 4.99 Å². The summed E-state index contributed by atoms with van der Waals surface area (Å²) in [5.41, 5.74) is 1.32. The molecule has 1 saturated heterocycles. The molecule has 0 saturated carbocycles. The van der Waals surface area contributed by atoms with E-state index < -0.39 is 0 Å². The molecule has 0 bridgehead atoms. The molecule has 0 aliphatic carbocycles. The SMILES string of the molecule is CN=C(NCc1ccc(C(=O)N2CCNC(=O)C2)cc1)NCC(C)(C)OC. The summed E-state index contributed by atoms with van der Waals surface area (Å²) in [6.45, 7) is 6.34. The molecule has 8 heteroatoms. The third-order valence-electron chi connectivity index (χ3n) is 4.44. The summed E-state index contributed by atoms with van der Waals surface area (Å²) in [4.78, 5) is 29.7. The van der Waals surface area contributed by atoms with Gasteiger partial charge in [-0.2, -0.15) is 0 Å². The lowest BCUT2D eigenvalue weighted by Crippen LogP contribution is -2.49. The van der Waals surface area contributed by atoms with E-state index in [-0.39, 0.29) is 24.0 Å². The zero-order valence-electron chi connectivity index (χ0n) is 16.5. The monoisotopic (exact) mass is 375 g/mol. The van der Waals surface area contributed by atoms with Gasteiger partial charge in [0.05, 0.1) is 12.1 Å². The Morgan fingerprint density at radius 3 is 2.59 bits per heavy atom. The van der Waals surface area contributed by atoms with Gasteiger partial charge in [-0.25, -0.2) is 0 Å². The lowest BCUT2D eigenvalue weighted by molar-refractivity contribution is -0.123. The molecule has 3 N–H and O–H groups in total. The molecule has 1 aromatic carbocycles. The van der Waals surface area contributed by atoms with E-state index in [1.165, 1.54) is 0 Å². The third-order valence-corrected chi connectivity index (χ3v) is 4.44. The number of ether oxygens (including phenoxy) is 1. The highest BCUT2D eigenvalue weighted by atomic mass is 16.5. The van der Waals surface area contributed by atoms with E-state index in [9.17, 15) is 9.59 Å².